The lowest BCUT2D eigenvalue weighted by Gasteiger charge is -2.22. The average molecular weight is 272 g/mol. The van der Waals surface area contributed by atoms with E-state index in [1.165, 1.54) is 51.1 Å². The Labute approximate surface area is 123 Å². The fourth-order valence-electron chi connectivity index (χ4n) is 3.41. The molecule has 110 valence electrons. The van der Waals surface area contributed by atoms with Crippen LogP contribution in [-0.2, 0) is 6.54 Å². The molecule has 0 amide bonds. The first-order chi connectivity index (χ1) is 9.63. The number of benzene rings is 1. The number of nitrogens with zero attached hydrogens (tertiary/aromatic N) is 2. The van der Waals surface area contributed by atoms with E-state index in [1.54, 1.807) is 0 Å². The Morgan fingerprint density at radius 3 is 2.35 bits per heavy atom. The van der Waals surface area contributed by atoms with Crippen LogP contribution < -0.4 is 0 Å². The molecule has 0 N–H and O–H groups in total. The minimum atomic E-state index is 0.621. The van der Waals surface area contributed by atoms with Crippen LogP contribution in [0.3, 0.4) is 0 Å². The Morgan fingerprint density at radius 1 is 1.00 bits per heavy atom. The number of hydrogen-bond donors (Lipinski definition) is 0. The first-order valence-electron chi connectivity index (χ1n) is 8.12. The molecule has 1 aromatic rings. The lowest BCUT2D eigenvalue weighted by Crippen LogP contribution is -2.32. The van der Waals surface area contributed by atoms with Crippen molar-refractivity contribution in [3.8, 4) is 0 Å². The Balaban J connectivity index is 1.47. The van der Waals surface area contributed by atoms with Crippen molar-refractivity contribution in [2.75, 3.05) is 32.7 Å². The molecule has 1 saturated heterocycles. The maximum Gasteiger partial charge on any atom is 0.0234 e. The van der Waals surface area contributed by atoms with Gasteiger partial charge in [-0.25, -0.2) is 0 Å². The molecular formula is C18H28N2. The average Bonchev–Trinajstić information content (AvgIpc) is 3.09. The molecule has 1 aliphatic carbocycles. The minimum Gasteiger partial charge on any atom is -0.302 e. The van der Waals surface area contributed by atoms with Gasteiger partial charge in [0.15, 0.2) is 0 Å². The van der Waals surface area contributed by atoms with Crippen LogP contribution in [0.2, 0.25) is 0 Å². The highest BCUT2D eigenvalue weighted by Gasteiger charge is 2.45. The fourth-order valence-corrected chi connectivity index (χ4v) is 3.41. The first-order valence-corrected chi connectivity index (χ1v) is 8.12. The first kappa shape index (κ1) is 14.1. The molecule has 2 aliphatic rings. The predicted octanol–water partition coefficient (Wildman–Crippen LogP) is 3.24. The summed E-state index contributed by atoms with van der Waals surface area (Å²) in [6.45, 7) is 12.3. The van der Waals surface area contributed by atoms with Crippen molar-refractivity contribution in [1.29, 1.82) is 0 Å². The standard InChI is InChI=1S/C18H28N2/c1-18(2)13-17(18)15-20-10-6-9-19(11-12-20)14-16-7-4-3-5-8-16/h3-5,7-8,17H,6,9-15H2,1-2H3/t17-/m0/s1. The molecule has 0 unspecified atom stereocenters. The van der Waals surface area contributed by atoms with Gasteiger partial charge in [-0.3, -0.25) is 4.90 Å². The van der Waals surface area contributed by atoms with E-state index in [9.17, 15) is 0 Å². The van der Waals surface area contributed by atoms with Crippen LogP contribution in [0.1, 0.15) is 32.3 Å². The van der Waals surface area contributed by atoms with Crippen molar-refractivity contribution in [3.05, 3.63) is 35.9 Å². The third-order valence-corrected chi connectivity index (χ3v) is 5.13. The highest BCUT2D eigenvalue weighted by molar-refractivity contribution is 5.14. The summed E-state index contributed by atoms with van der Waals surface area (Å²) < 4.78 is 0. The normalized spacial score (nSPS) is 27.2. The van der Waals surface area contributed by atoms with Gasteiger partial charge in [0.2, 0.25) is 0 Å². The molecule has 0 aromatic heterocycles. The topological polar surface area (TPSA) is 6.48 Å². The van der Waals surface area contributed by atoms with E-state index in [4.69, 9.17) is 0 Å². The van der Waals surface area contributed by atoms with Gasteiger partial charge in [0.25, 0.3) is 0 Å². The van der Waals surface area contributed by atoms with Crippen molar-refractivity contribution in [2.24, 2.45) is 11.3 Å². The van der Waals surface area contributed by atoms with Crippen LogP contribution in [0.5, 0.6) is 0 Å². The molecule has 0 radical (unpaired) electrons. The van der Waals surface area contributed by atoms with Crippen LogP contribution in [-0.4, -0.2) is 42.5 Å². The second kappa shape index (κ2) is 5.87. The monoisotopic (exact) mass is 272 g/mol. The van der Waals surface area contributed by atoms with E-state index in [1.807, 2.05) is 0 Å². The molecule has 1 aliphatic heterocycles. The van der Waals surface area contributed by atoms with Crippen molar-refractivity contribution < 1.29 is 0 Å². The summed E-state index contributed by atoms with van der Waals surface area (Å²) in [5.41, 5.74) is 2.07. The Bertz CT molecular complexity index is 426. The molecule has 1 atom stereocenters. The maximum absolute atomic E-state index is 2.70. The number of hydrogen-bond acceptors (Lipinski definition) is 2. The van der Waals surface area contributed by atoms with E-state index in [-0.39, 0.29) is 0 Å². The fraction of sp³-hybridized carbons (Fsp3) is 0.667. The van der Waals surface area contributed by atoms with Gasteiger partial charge >= 0.3 is 0 Å². The van der Waals surface area contributed by atoms with Crippen molar-refractivity contribution in [3.63, 3.8) is 0 Å². The van der Waals surface area contributed by atoms with Crippen molar-refractivity contribution in [2.45, 2.75) is 33.2 Å². The third kappa shape index (κ3) is 3.62. The SMILES string of the molecule is CC1(C)C[C@H]1CN1CCCN(Cc2ccccc2)CC1. The second-order valence-corrected chi connectivity index (χ2v) is 7.31. The van der Waals surface area contributed by atoms with Gasteiger partial charge in [-0.05, 0) is 42.8 Å². The molecule has 0 bridgehead atoms. The maximum atomic E-state index is 2.70. The van der Waals surface area contributed by atoms with Crippen LogP contribution in [0.15, 0.2) is 30.3 Å². The molecular weight excluding hydrogens is 244 g/mol. The van der Waals surface area contributed by atoms with Gasteiger partial charge in [0.05, 0.1) is 0 Å². The van der Waals surface area contributed by atoms with Crippen molar-refractivity contribution in [1.82, 2.24) is 9.80 Å². The molecule has 2 nitrogen and oxygen atoms in total. The largest absolute Gasteiger partial charge is 0.302 e. The number of rotatable bonds is 4. The highest BCUT2D eigenvalue weighted by Crippen LogP contribution is 2.51. The van der Waals surface area contributed by atoms with Gasteiger partial charge in [-0.15, -0.1) is 0 Å². The van der Waals surface area contributed by atoms with Crippen molar-refractivity contribution >= 4 is 0 Å². The minimum absolute atomic E-state index is 0.621. The zero-order valence-electron chi connectivity index (χ0n) is 13.0. The molecule has 2 heteroatoms. The summed E-state index contributed by atoms with van der Waals surface area (Å²) >= 11 is 0. The van der Waals surface area contributed by atoms with Gasteiger partial charge in [-0.2, -0.15) is 0 Å². The molecule has 20 heavy (non-hydrogen) atoms. The summed E-state index contributed by atoms with van der Waals surface area (Å²) in [4.78, 5) is 5.32. The lowest BCUT2D eigenvalue weighted by atomic mass is 10.1. The second-order valence-electron chi connectivity index (χ2n) is 7.31. The van der Waals surface area contributed by atoms with E-state index in [0.29, 0.717) is 5.41 Å². The van der Waals surface area contributed by atoms with Gasteiger partial charge in [0, 0.05) is 26.2 Å². The summed E-state index contributed by atoms with van der Waals surface area (Å²) in [5.74, 6) is 0.947. The van der Waals surface area contributed by atoms with Crippen LogP contribution in [0, 0.1) is 11.3 Å². The summed E-state index contributed by atoms with van der Waals surface area (Å²) in [5, 5.41) is 0. The van der Waals surface area contributed by atoms with Gasteiger partial charge < -0.3 is 4.90 Å². The predicted molar refractivity (Wildman–Crippen MR) is 84.7 cm³/mol. The zero-order chi connectivity index (χ0) is 14.0. The van der Waals surface area contributed by atoms with Gasteiger partial charge in [-0.1, -0.05) is 44.2 Å². The highest BCUT2D eigenvalue weighted by atomic mass is 15.2. The summed E-state index contributed by atoms with van der Waals surface area (Å²) in [6.07, 6.45) is 2.75. The molecule has 0 spiro atoms. The molecule has 1 saturated carbocycles. The molecule has 1 heterocycles. The van der Waals surface area contributed by atoms with E-state index >= 15 is 0 Å². The van der Waals surface area contributed by atoms with E-state index in [0.717, 1.165) is 12.5 Å². The van der Waals surface area contributed by atoms with Gasteiger partial charge in [0.1, 0.15) is 0 Å². The lowest BCUT2D eigenvalue weighted by molar-refractivity contribution is 0.239. The Morgan fingerprint density at radius 2 is 1.65 bits per heavy atom. The van der Waals surface area contributed by atoms with Crippen LogP contribution in [0.4, 0.5) is 0 Å². The smallest absolute Gasteiger partial charge is 0.0234 e. The Kier molecular flexibility index (Phi) is 4.13. The summed E-state index contributed by atoms with van der Waals surface area (Å²) in [6, 6.07) is 10.9. The van der Waals surface area contributed by atoms with Crippen LogP contribution in [0.25, 0.3) is 0 Å². The van der Waals surface area contributed by atoms with Crippen LogP contribution >= 0.6 is 0 Å². The zero-order valence-corrected chi connectivity index (χ0v) is 13.0. The summed E-state index contributed by atoms with van der Waals surface area (Å²) in [7, 11) is 0. The van der Waals surface area contributed by atoms with E-state index < -0.39 is 0 Å². The molecule has 1 aromatic carbocycles. The Hall–Kier alpha value is -0.860. The third-order valence-electron chi connectivity index (χ3n) is 5.13. The molecule has 2 fully saturated rings. The van der Waals surface area contributed by atoms with E-state index in [2.05, 4.69) is 54.0 Å². The quantitative estimate of drug-likeness (QED) is 0.830. The molecule has 3 rings (SSSR count).